The highest BCUT2D eigenvalue weighted by molar-refractivity contribution is 8.93. The Morgan fingerprint density at radius 3 is 2.41 bits per heavy atom. The number of sulfonamides is 1. The number of benzene rings is 2. The molecule has 0 bridgehead atoms. The van der Waals surface area contributed by atoms with Gasteiger partial charge in [0, 0.05) is 35.8 Å². The van der Waals surface area contributed by atoms with E-state index in [9.17, 15) is 8.42 Å². The number of anilines is 2. The van der Waals surface area contributed by atoms with Crippen molar-refractivity contribution in [1.82, 2.24) is 9.29 Å². The Kier molecular flexibility index (Phi) is 8.21. The first-order valence-corrected chi connectivity index (χ1v) is 11.3. The van der Waals surface area contributed by atoms with Crippen molar-refractivity contribution < 1.29 is 13.2 Å². The maximum Gasteiger partial charge on any atom is 0.243 e. The minimum atomic E-state index is -3.45. The summed E-state index contributed by atoms with van der Waals surface area (Å²) >= 11 is 1.49. The van der Waals surface area contributed by atoms with Gasteiger partial charge in [0.25, 0.3) is 0 Å². The number of rotatable bonds is 8. The maximum atomic E-state index is 12.6. The molecule has 0 fully saturated rings. The zero-order chi connectivity index (χ0) is 20.1. The molecule has 6 nitrogen and oxygen atoms in total. The van der Waals surface area contributed by atoms with E-state index >= 15 is 0 Å². The Hall–Kier alpha value is -1.94. The van der Waals surface area contributed by atoms with Crippen LogP contribution in [0.15, 0.2) is 58.8 Å². The van der Waals surface area contributed by atoms with Crippen LogP contribution < -0.4 is 10.1 Å². The van der Waals surface area contributed by atoms with Crippen LogP contribution >= 0.6 is 28.3 Å². The average molecular weight is 498 g/mol. The number of thiazole rings is 1. The van der Waals surface area contributed by atoms with Gasteiger partial charge < -0.3 is 10.1 Å². The van der Waals surface area contributed by atoms with Gasteiger partial charge >= 0.3 is 0 Å². The largest absolute Gasteiger partial charge is 0.497 e. The normalized spacial score (nSPS) is 11.2. The van der Waals surface area contributed by atoms with Crippen LogP contribution in [0.2, 0.25) is 0 Å². The van der Waals surface area contributed by atoms with Crippen LogP contribution in [0.25, 0.3) is 11.3 Å². The van der Waals surface area contributed by atoms with Gasteiger partial charge in [0.05, 0.1) is 17.7 Å². The van der Waals surface area contributed by atoms with Crippen molar-refractivity contribution in [3.05, 3.63) is 53.9 Å². The number of nitrogens with zero attached hydrogens (tertiary/aromatic N) is 2. The lowest BCUT2D eigenvalue weighted by molar-refractivity contribution is 0.415. The molecule has 1 N–H and O–H groups in total. The molecule has 3 rings (SSSR count). The molecule has 0 aliphatic heterocycles. The number of methoxy groups -OCH3 is 1. The molecule has 0 aliphatic rings. The minimum Gasteiger partial charge on any atom is -0.497 e. The predicted octanol–water partition coefficient (Wildman–Crippen LogP) is 5.17. The number of hydrogen-bond acceptors (Lipinski definition) is 6. The highest BCUT2D eigenvalue weighted by atomic mass is 79.9. The summed E-state index contributed by atoms with van der Waals surface area (Å²) in [5.41, 5.74) is 2.55. The zero-order valence-corrected chi connectivity index (χ0v) is 19.8. The lowest BCUT2D eigenvalue weighted by Gasteiger charge is -2.18. The summed E-state index contributed by atoms with van der Waals surface area (Å²) in [6.07, 6.45) is 0. The second-order valence-corrected chi connectivity index (χ2v) is 8.80. The first-order chi connectivity index (χ1) is 13.5. The summed E-state index contributed by atoms with van der Waals surface area (Å²) < 4.78 is 31.9. The third-order valence-corrected chi connectivity index (χ3v) is 7.14. The van der Waals surface area contributed by atoms with Crippen molar-refractivity contribution in [1.29, 1.82) is 0 Å². The van der Waals surface area contributed by atoms with E-state index in [1.807, 2.05) is 43.5 Å². The summed E-state index contributed by atoms with van der Waals surface area (Å²) in [7, 11) is -1.82. The summed E-state index contributed by atoms with van der Waals surface area (Å²) in [4.78, 5) is 4.89. The van der Waals surface area contributed by atoms with Crippen molar-refractivity contribution in [2.75, 3.05) is 25.5 Å². The SMILES string of the molecule is Br.CCN(CC)S(=O)(=O)c1ccc(-c2csc(Nc3cccc(OC)c3)n2)cc1. The van der Waals surface area contributed by atoms with E-state index in [4.69, 9.17) is 4.74 Å². The Morgan fingerprint density at radius 2 is 1.79 bits per heavy atom. The summed E-state index contributed by atoms with van der Waals surface area (Å²) in [5.74, 6) is 0.770. The summed E-state index contributed by atoms with van der Waals surface area (Å²) in [5, 5.41) is 5.95. The van der Waals surface area contributed by atoms with E-state index in [2.05, 4.69) is 10.3 Å². The Balaban J connectivity index is 0.00000300. The monoisotopic (exact) mass is 497 g/mol. The first kappa shape index (κ1) is 23.3. The molecule has 3 aromatic rings. The van der Waals surface area contributed by atoms with E-state index in [-0.39, 0.29) is 17.0 Å². The van der Waals surface area contributed by atoms with Crippen LogP contribution in [-0.4, -0.2) is 37.9 Å². The van der Waals surface area contributed by atoms with E-state index < -0.39 is 10.0 Å². The number of halogens is 1. The first-order valence-electron chi connectivity index (χ1n) is 8.95. The van der Waals surface area contributed by atoms with Crippen molar-refractivity contribution in [3.63, 3.8) is 0 Å². The van der Waals surface area contributed by atoms with Crippen molar-refractivity contribution in [2.24, 2.45) is 0 Å². The molecular formula is C20H24BrN3O3S2. The van der Waals surface area contributed by atoms with Gasteiger partial charge in [-0.25, -0.2) is 13.4 Å². The van der Waals surface area contributed by atoms with Gasteiger partial charge in [-0.15, -0.1) is 28.3 Å². The lowest BCUT2D eigenvalue weighted by Crippen LogP contribution is -2.30. The average Bonchev–Trinajstić information content (AvgIpc) is 3.17. The highest BCUT2D eigenvalue weighted by Gasteiger charge is 2.21. The fourth-order valence-corrected chi connectivity index (χ4v) is 5.00. The molecular weight excluding hydrogens is 474 g/mol. The van der Waals surface area contributed by atoms with Gasteiger partial charge in [-0.2, -0.15) is 4.31 Å². The number of nitrogens with one attached hydrogen (secondary N) is 1. The fraction of sp³-hybridized carbons (Fsp3) is 0.250. The molecule has 1 heterocycles. The fourth-order valence-electron chi connectivity index (χ4n) is 2.80. The third-order valence-electron chi connectivity index (χ3n) is 4.32. The van der Waals surface area contributed by atoms with E-state index in [0.717, 1.165) is 27.8 Å². The standard InChI is InChI=1S/C20H23N3O3S2.BrH/c1-4-23(5-2)28(24,25)18-11-9-15(10-12-18)19-14-27-20(22-19)21-16-7-6-8-17(13-16)26-3;/h6-14H,4-5H2,1-3H3,(H,21,22);1H. The lowest BCUT2D eigenvalue weighted by atomic mass is 10.2. The molecule has 2 aromatic carbocycles. The molecule has 9 heteroatoms. The van der Waals surface area contributed by atoms with Crippen molar-refractivity contribution in [3.8, 4) is 17.0 Å². The molecule has 0 unspecified atom stereocenters. The van der Waals surface area contributed by atoms with Gasteiger partial charge in [-0.3, -0.25) is 0 Å². The van der Waals surface area contributed by atoms with Gasteiger partial charge in [-0.05, 0) is 24.3 Å². The van der Waals surface area contributed by atoms with E-state index in [1.165, 1.54) is 15.6 Å². The Bertz CT molecular complexity index is 1030. The zero-order valence-electron chi connectivity index (χ0n) is 16.5. The molecule has 0 radical (unpaired) electrons. The Labute approximate surface area is 186 Å². The molecule has 0 amide bonds. The summed E-state index contributed by atoms with van der Waals surface area (Å²) in [6.45, 7) is 4.57. The topological polar surface area (TPSA) is 71.5 Å². The van der Waals surface area contributed by atoms with Crippen LogP contribution in [0.3, 0.4) is 0 Å². The smallest absolute Gasteiger partial charge is 0.243 e. The second kappa shape index (κ2) is 10.2. The summed E-state index contributed by atoms with van der Waals surface area (Å²) in [6, 6.07) is 14.5. The van der Waals surface area contributed by atoms with Crippen LogP contribution in [-0.2, 0) is 10.0 Å². The van der Waals surface area contributed by atoms with Crippen molar-refractivity contribution >= 4 is 49.2 Å². The molecule has 0 aliphatic carbocycles. The van der Waals surface area contributed by atoms with Crippen LogP contribution in [0.5, 0.6) is 5.75 Å². The highest BCUT2D eigenvalue weighted by Crippen LogP contribution is 2.29. The predicted molar refractivity (Wildman–Crippen MR) is 124 cm³/mol. The molecule has 156 valence electrons. The van der Waals surface area contributed by atoms with Gasteiger partial charge in [-0.1, -0.05) is 32.0 Å². The number of hydrogen-bond donors (Lipinski definition) is 1. The molecule has 1 aromatic heterocycles. The van der Waals surface area contributed by atoms with E-state index in [0.29, 0.717) is 18.0 Å². The van der Waals surface area contributed by atoms with Crippen molar-refractivity contribution in [2.45, 2.75) is 18.7 Å². The molecule has 0 atom stereocenters. The van der Waals surface area contributed by atoms with Crippen LogP contribution in [0, 0.1) is 0 Å². The van der Waals surface area contributed by atoms with E-state index in [1.54, 1.807) is 31.4 Å². The second-order valence-electron chi connectivity index (χ2n) is 6.01. The number of aromatic nitrogens is 1. The quantitative estimate of drug-likeness (QED) is 0.464. The molecule has 0 saturated heterocycles. The maximum absolute atomic E-state index is 12.6. The molecule has 0 saturated carbocycles. The van der Waals surface area contributed by atoms with Gasteiger partial charge in [0.2, 0.25) is 10.0 Å². The minimum absolute atomic E-state index is 0. The van der Waals surface area contributed by atoms with Crippen LogP contribution in [0.4, 0.5) is 10.8 Å². The molecule has 0 spiro atoms. The Morgan fingerprint density at radius 1 is 1.10 bits per heavy atom. The molecule has 29 heavy (non-hydrogen) atoms. The third kappa shape index (κ3) is 5.36. The van der Waals surface area contributed by atoms with Gasteiger partial charge in [0.1, 0.15) is 5.75 Å². The van der Waals surface area contributed by atoms with Gasteiger partial charge in [0.15, 0.2) is 5.13 Å². The van der Waals surface area contributed by atoms with Crippen LogP contribution in [0.1, 0.15) is 13.8 Å². The number of ether oxygens (including phenoxy) is 1.